The molecule has 7 nitrogen and oxygen atoms in total. The molecular weight excluding hydrogens is 344 g/mol. The highest BCUT2D eigenvalue weighted by Gasteiger charge is 2.17. The van der Waals surface area contributed by atoms with Crippen LogP contribution in [0.25, 0.3) is 0 Å². The fourth-order valence-electron chi connectivity index (χ4n) is 3.37. The van der Waals surface area contributed by atoms with Gasteiger partial charge in [0.1, 0.15) is 0 Å². The first kappa shape index (κ1) is 19.4. The van der Waals surface area contributed by atoms with Gasteiger partial charge in [-0.2, -0.15) is 5.10 Å². The fraction of sp³-hybridized carbons (Fsp3) is 0.550. The minimum atomic E-state index is -0.229. The smallest absolute Gasteiger partial charge is 0.258 e. The van der Waals surface area contributed by atoms with Crippen LogP contribution < -0.4 is 10.1 Å². The molecular formula is C20H28N4O3. The average Bonchev–Trinajstić information content (AvgIpc) is 2.98. The molecule has 1 amide bonds. The number of hydrogen-bond acceptors (Lipinski definition) is 5. The Morgan fingerprint density at radius 2 is 2.04 bits per heavy atom. The number of hydrogen-bond donors (Lipinski definition) is 2. The van der Waals surface area contributed by atoms with Gasteiger partial charge in [-0.25, -0.2) is 4.98 Å². The summed E-state index contributed by atoms with van der Waals surface area (Å²) in [5, 5.41) is 10.2. The van der Waals surface area contributed by atoms with Gasteiger partial charge in [-0.05, 0) is 18.9 Å². The first-order chi connectivity index (χ1) is 13.3. The van der Waals surface area contributed by atoms with E-state index in [1.54, 1.807) is 19.2 Å². The van der Waals surface area contributed by atoms with Gasteiger partial charge in [0.15, 0.2) is 5.82 Å². The number of H-pyrrole nitrogens is 1. The summed E-state index contributed by atoms with van der Waals surface area (Å²) in [6.07, 6.45) is 9.83. The van der Waals surface area contributed by atoms with Gasteiger partial charge in [0.05, 0.1) is 12.2 Å². The zero-order valence-electron chi connectivity index (χ0n) is 15.9. The molecule has 7 heteroatoms. The van der Waals surface area contributed by atoms with Crippen LogP contribution in [0.2, 0.25) is 0 Å². The number of ether oxygens (including phenoxy) is 2. The molecule has 0 unspecified atom stereocenters. The summed E-state index contributed by atoms with van der Waals surface area (Å²) >= 11 is 0. The molecule has 1 saturated carbocycles. The topological polar surface area (TPSA) is 89.1 Å². The second-order valence-corrected chi connectivity index (χ2v) is 6.93. The molecule has 0 bridgehead atoms. The molecule has 2 N–H and O–H groups in total. The third kappa shape index (κ3) is 5.79. The van der Waals surface area contributed by atoms with Crippen molar-refractivity contribution >= 4 is 11.7 Å². The number of carbonyl (C=O) groups excluding carboxylic acids is 1. The highest BCUT2D eigenvalue weighted by atomic mass is 16.5. The van der Waals surface area contributed by atoms with Crippen LogP contribution in [0.4, 0.5) is 5.82 Å². The van der Waals surface area contributed by atoms with Crippen molar-refractivity contribution in [2.75, 3.05) is 25.6 Å². The van der Waals surface area contributed by atoms with E-state index in [9.17, 15) is 4.79 Å². The summed E-state index contributed by atoms with van der Waals surface area (Å²) in [5.74, 6) is 1.34. The molecule has 27 heavy (non-hydrogen) atoms. The third-order valence-corrected chi connectivity index (χ3v) is 4.88. The van der Waals surface area contributed by atoms with Crippen LogP contribution in [-0.2, 0) is 4.74 Å². The number of rotatable bonds is 8. The van der Waals surface area contributed by atoms with Crippen LogP contribution in [-0.4, -0.2) is 41.4 Å². The Balaban J connectivity index is 1.52. The molecule has 1 fully saturated rings. The lowest BCUT2D eigenvalue weighted by Gasteiger charge is -2.10. The van der Waals surface area contributed by atoms with Gasteiger partial charge in [-0.1, -0.05) is 25.7 Å². The fourth-order valence-corrected chi connectivity index (χ4v) is 3.37. The van der Waals surface area contributed by atoms with Crippen molar-refractivity contribution in [1.29, 1.82) is 0 Å². The van der Waals surface area contributed by atoms with Crippen molar-refractivity contribution in [2.45, 2.75) is 50.9 Å². The Labute approximate surface area is 159 Å². The van der Waals surface area contributed by atoms with E-state index in [0.29, 0.717) is 36.4 Å². The lowest BCUT2D eigenvalue weighted by Crippen LogP contribution is -2.12. The first-order valence-corrected chi connectivity index (χ1v) is 9.70. The van der Waals surface area contributed by atoms with E-state index in [1.165, 1.54) is 44.7 Å². The number of pyridine rings is 1. The number of amides is 1. The van der Waals surface area contributed by atoms with E-state index in [4.69, 9.17) is 9.47 Å². The predicted octanol–water partition coefficient (Wildman–Crippen LogP) is 3.91. The number of nitrogens with one attached hydrogen (secondary N) is 2. The number of nitrogens with zero attached hydrogens (tertiary/aromatic N) is 2. The highest BCUT2D eigenvalue weighted by molar-refractivity contribution is 6.03. The van der Waals surface area contributed by atoms with Crippen molar-refractivity contribution in [2.24, 2.45) is 0 Å². The van der Waals surface area contributed by atoms with Crippen LogP contribution in [0.15, 0.2) is 24.4 Å². The maximum absolute atomic E-state index is 12.4. The quantitative estimate of drug-likeness (QED) is 0.542. The summed E-state index contributed by atoms with van der Waals surface area (Å²) in [4.78, 5) is 16.6. The van der Waals surface area contributed by atoms with Gasteiger partial charge < -0.3 is 14.8 Å². The number of carbonyl (C=O) groups is 1. The lowest BCUT2D eigenvalue weighted by molar-refractivity contribution is 0.102. The second-order valence-electron chi connectivity index (χ2n) is 6.93. The molecule has 1 aliphatic rings. The molecule has 2 aromatic heterocycles. The number of methoxy groups -OCH3 is 1. The summed E-state index contributed by atoms with van der Waals surface area (Å²) in [6, 6.07) is 5.35. The Hall–Kier alpha value is -2.41. The SMILES string of the molecule is COCCCOc1ccc(C(=O)Nc2cc(C3CCCCCC3)[nH]n2)cn1. The van der Waals surface area contributed by atoms with Crippen LogP contribution in [0, 0.1) is 0 Å². The Kier molecular flexibility index (Phi) is 7.21. The zero-order chi connectivity index (χ0) is 18.9. The molecule has 0 saturated heterocycles. The second kappa shape index (κ2) is 10.1. The Morgan fingerprint density at radius 1 is 1.22 bits per heavy atom. The van der Waals surface area contributed by atoms with Crippen molar-refractivity contribution in [3.63, 3.8) is 0 Å². The van der Waals surface area contributed by atoms with E-state index in [-0.39, 0.29) is 5.91 Å². The van der Waals surface area contributed by atoms with Gasteiger partial charge in [0, 0.05) is 50.1 Å². The summed E-state index contributed by atoms with van der Waals surface area (Å²) in [7, 11) is 1.66. The molecule has 0 radical (unpaired) electrons. The minimum Gasteiger partial charge on any atom is -0.478 e. The molecule has 146 valence electrons. The molecule has 0 spiro atoms. The summed E-state index contributed by atoms with van der Waals surface area (Å²) in [5.41, 5.74) is 1.59. The summed E-state index contributed by atoms with van der Waals surface area (Å²) < 4.78 is 10.5. The number of aromatic nitrogens is 3. The normalized spacial score (nSPS) is 15.3. The van der Waals surface area contributed by atoms with Gasteiger partial charge in [0.2, 0.25) is 5.88 Å². The molecule has 0 atom stereocenters. The lowest BCUT2D eigenvalue weighted by atomic mass is 9.97. The predicted molar refractivity (Wildman–Crippen MR) is 103 cm³/mol. The van der Waals surface area contributed by atoms with Crippen LogP contribution in [0.1, 0.15) is 66.9 Å². The van der Waals surface area contributed by atoms with E-state index in [1.807, 2.05) is 6.07 Å². The van der Waals surface area contributed by atoms with Crippen molar-refractivity contribution < 1.29 is 14.3 Å². The highest BCUT2D eigenvalue weighted by Crippen LogP contribution is 2.31. The van der Waals surface area contributed by atoms with E-state index in [0.717, 1.165) is 12.1 Å². The summed E-state index contributed by atoms with van der Waals surface area (Å²) in [6.45, 7) is 1.18. The molecule has 0 aromatic carbocycles. The number of anilines is 1. The van der Waals surface area contributed by atoms with Crippen molar-refractivity contribution in [1.82, 2.24) is 15.2 Å². The maximum Gasteiger partial charge on any atom is 0.258 e. The van der Waals surface area contributed by atoms with Gasteiger partial charge in [-0.15, -0.1) is 0 Å². The van der Waals surface area contributed by atoms with Crippen LogP contribution in [0.5, 0.6) is 5.88 Å². The monoisotopic (exact) mass is 372 g/mol. The van der Waals surface area contributed by atoms with Crippen molar-refractivity contribution in [3.05, 3.63) is 35.7 Å². The molecule has 1 aliphatic carbocycles. The Bertz CT molecular complexity index is 706. The largest absolute Gasteiger partial charge is 0.478 e. The van der Waals surface area contributed by atoms with Gasteiger partial charge >= 0.3 is 0 Å². The standard InChI is InChI=1S/C20H28N4O3/c1-26-11-6-12-27-19-10-9-16(14-21-19)20(25)22-18-13-17(23-24-18)15-7-4-2-3-5-8-15/h9-10,13-15H,2-8,11-12H2,1H3,(H2,22,23,24,25). The van der Waals surface area contributed by atoms with Gasteiger partial charge in [0.25, 0.3) is 5.91 Å². The zero-order valence-corrected chi connectivity index (χ0v) is 15.9. The average molecular weight is 372 g/mol. The van der Waals surface area contributed by atoms with E-state index in [2.05, 4.69) is 20.5 Å². The molecule has 0 aliphatic heterocycles. The van der Waals surface area contributed by atoms with E-state index < -0.39 is 0 Å². The minimum absolute atomic E-state index is 0.229. The van der Waals surface area contributed by atoms with E-state index >= 15 is 0 Å². The number of aromatic amines is 1. The van der Waals surface area contributed by atoms with Gasteiger partial charge in [-0.3, -0.25) is 9.89 Å². The first-order valence-electron chi connectivity index (χ1n) is 9.70. The van der Waals surface area contributed by atoms with Crippen LogP contribution in [0.3, 0.4) is 0 Å². The Morgan fingerprint density at radius 3 is 2.74 bits per heavy atom. The molecule has 2 heterocycles. The molecule has 3 rings (SSSR count). The maximum atomic E-state index is 12.4. The van der Waals surface area contributed by atoms with Crippen LogP contribution >= 0.6 is 0 Å². The van der Waals surface area contributed by atoms with Crippen molar-refractivity contribution in [3.8, 4) is 5.88 Å². The molecule has 2 aromatic rings. The third-order valence-electron chi connectivity index (χ3n) is 4.88.